The zero-order valence-corrected chi connectivity index (χ0v) is 10.4. The molecule has 17 heavy (non-hydrogen) atoms. The molecule has 1 aromatic rings. The summed E-state index contributed by atoms with van der Waals surface area (Å²) < 4.78 is 0. The van der Waals surface area contributed by atoms with Crippen LogP contribution in [0.4, 0.5) is 5.69 Å². The summed E-state index contributed by atoms with van der Waals surface area (Å²) >= 11 is 6.13. The van der Waals surface area contributed by atoms with E-state index in [1.165, 1.54) is 11.3 Å². The van der Waals surface area contributed by atoms with Crippen LogP contribution in [-0.2, 0) is 11.2 Å². The molecular weight excluding hydrogens is 238 g/mol. The first kappa shape index (κ1) is 12.2. The number of unbranched alkanes of at least 4 members (excludes halogenated alkanes) is 1. The zero-order valence-electron chi connectivity index (χ0n) is 9.66. The van der Waals surface area contributed by atoms with Gasteiger partial charge < -0.3 is 10.0 Å². The second-order valence-corrected chi connectivity index (χ2v) is 4.73. The highest BCUT2D eigenvalue weighted by Crippen LogP contribution is 2.33. The SMILES string of the molecule is O=C(O)CCCCN1CCc2c(Cl)cccc21. The molecule has 0 spiro atoms. The van der Waals surface area contributed by atoms with Crippen LogP contribution in [0.2, 0.25) is 5.02 Å². The first-order valence-electron chi connectivity index (χ1n) is 5.92. The lowest BCUT2D eigenvalue weighted by Gasteiger charge is -2.19. The Hall–Kier alpha value is -1.22. The van der Waals surface area contributed by atoms with E-state index in [1.54, 1.807) is 0 Å². The van der Waals surface area contributed by atoms with E-state index in [0.717, 1.165) is 37.4 Å². The average Bonchev–Trinajstić information content (AvgIpc) is 2.69. The van der Waals surface area contributed by atoms with Gasteiger partial charge in [0.2, 0.25) is 0 Å². The fourth-order valence-electron chi connectivity index (χ4n) is 2.27. The molecule has 4 heteroatoms. The van der Waals surface area contributed by atoms with Crippen molar-refractivity contribution >= 4 is 23.3 Å². The maximum atomic E-state index is 10.4. The van der Waals surface area contributed by atoms with Crippen LogP contribution in [0.3, 0.4) is 0 Å². The van der Waals surface area contributed by atoms with Crippen molar-refractivity contribution in [2.45, 2.75) is 25.7 Å². The number of carboxylic acid groups (broad SMARTS) is 1. The summed E-state index contributed by atoms with van der Waals surface area (Å²) in [5.41, 5.74) is 2.44. The van der Waals surface area contributed by atoms with Gasteiger partial charge in [0.15, 0.2) is 0 Å². The Morgan fingerprint density at radius 3 is 3.00 bits per heavy atom. The highest BCUT2D eigenvalue weighted by Gasteiger charge is 2.20. The van der Waals surface area contributed by atoms with Gasteiger partial charge in [-0.15, -0.1) is 0 Å². The van der Waals surface area contributed by atoms with Gasteiger partial charge in [0, 0.05) is 30.2 Å². The summed E-state index contributed by atoms with van der Waals surface area (Å²) in [6.45, 7) is 1.91. The number of fused-ring (bicyclic) bond motifs is 1. The third kappa shape index (κ3) is 2.91. The summed E-state index contributed by atoms with van der Waals surface area (Å²) in [5.74, 6) is -0.713. The third-order valence-electron chi connectivity index (χ3n) is 3.14. The number of carboxylic acids is 1. The molecule has 2 rings (SSSR count). The lowest BCUT2D eigenvalue weighted by molar-refractivity contribution is -0.137. The van der Waals surface area contributed by atoms with E-state index in [0.29, 0.717) is 0 Å². The number of halogens is 1. The Balaban J connectivity index is 1.89. The fraction of sp³-hybridized carbons (Fsp3) is 0.462. The van der Waals surface area contributed by atoms with Crippen molar-refractivity contribution < 1.29 is 9.90 Å². The van der Waals surface area contributed by atoms with Gasteiger partial charge in [-0.3, -0.25) is 4.79 Å². The van der Waals surface area contributed by atoms with Crippen LogP contribution < -0.4 is 4.90 Å². The van der Waals surface area contributed by atoms with E-state index in [9.17, 15) is 4.79 Å². The molecule has 92 valence electrons. The number of rotatable bonds is 5. The minimum absolute atomic E-state index is 0.260. The van der Waals surface area contributed by atoms with Crippen LogP contribution in [0.1, 0.15) is 24.8 Å². The summed E-state index contributed by atoms with van der Waals surface area (Å²) in [6.07, 6.45) is 2.91. The Labute approximate surface area is 106 Å². The predicted molar refractivity (Wildman–Crippen MR) is 68.9 cm³/mol. The number of hydrogen-bond acceptors (Lipinski definition) is 2. The molecule has 0 unspecified atom stereocenters. The predicted octanol–water partition coefficient (Wildman–Crippen LogP) is 2.96. The van der Waals surface area contributed by atoms with Gasteiger partial charge in [-0.25, -0.2) is 0 Å². The second-order valence-electron chi connectivity index (χ2n) is 4.33. The van der Waals surface area contributed by atoms with Crippen molar-refractivity contribution in [3.8, 4) is 0 Å². The van der Waals surface area contributed by atoms with Crippen molar-refractivity contribution in [2.24, 2.45) is 0 Å². The molecule has 0 amide bonds. The smallest absolute Gasteiger partial charge is 0.303 e. The molecule has 0 radical (unpaired) electrons. The van der Waals surface area contributed by atoms with Gasteiger partial charge in [-0.05, 0) is 37.0 Å². The van der Waals surface area contributed by atoms with Crippen LogP contribution in [0, 0.1) is 0 Å². The third-order valence-corrected chi connectivity index (χ3v) is 3.49. The highest BCUT2D eigenvalue weighted by atomic mass is 35.5. The van der Waals surface area contributed by atoms with E-state index in [1.807, 2.05) is 12.1 Å². The average molecular weight is 254 g/mol. The van der Waals surface area contributed by atoms with E-state index >= 15 is 0 Å². The minimum Gasteiger partial charge on any atom is -0.481 e. The normalized spacial score (nSPS) is 13.8. The summed E-state index contributed by atoms with van der Waals surface area (Å²) in [6, 6.07) is 5.98. The molecule has 0 aliphatic carbocycles. The topological polar surface area (TPSA) is 40.5 Å². The summed E-state index contributed by atoms with van der Waals surface area (Å²) in [7, 11) is 0. The van der Waals surface area contributed by atoms with Gasteiger partial charge >= 0.3 is 5.97 Å². The molecule has 1 aliphatic heterocycles. The number of hydrogen-bond donors (Lipinski definition) is 1. The quantitative estimate of drug-likeness (QED) is 0.821. The van der Waals surface area contributed by atoms with E-state index in [2.05, 4.69) is 11.0 Å². The van der Waals surface area contributed by atoms with E-state index in [-0.39, 0.29) is 6.42 Å². The first-order valence-corrected chi connectivity index (χ1v) is 6.30. The second kappa shape index (κ2) is 5.41. The minimum atomic E-state index is -0.713. The lowest BCUT2D eigenvalue weighted by Crippen LogP contribution is -2.21. The molecule has 0 atom stereocenters. The fourth-order valence-corrected chi connectivity index (χ4v) is 2.53. The van der Waals surface area contributed by atoms with E-state index < -0.39 is 5.97 Å². The summed E-state index contributed by atoms with van der Waals surface area (Å²) in [5, 5.41) is 9.41. The molecule has 0 fully saturated rings. The van der Waals surface area contributed by atoms with Crippen molar-refractivity contribution in [3.05, 3.63) is 28.8 Å². The van der Waals surface area contributed by atoms with Gasteiger partial charge in [-0.2, -0.15) is 0 Å². The van der Waals surface area contributed by atoms with Gasteiger partial charge in [0.25, 0.3) is 0 Å². The van der Waals surface area contributed by atoms with Crippen LogP contribution in [0.15, 0.2) is 18.2 Å². The molecule has 1 aromatic carbocycles. The van der Waals surface area contributed by atoms with Crippen LogP contribution >= 0.6 is 11.6 Å². The monoisotopic (exact) mass is 253 g/mol. The van der Waals surface area contributed by atoms with Crippen molar-refractivity contribution in [2.75, 3.05) is 18.0 Å². The molecule has 1 heterocycles. The largest absolute Gasteiger partial charge is 0.481 e. The summed E-state index contributed by atoms with van der Waals surface area (Å²) in [4.78, 5) is 12.7. The Morgan fingerprint density at radius 2 is 2.24 bits per heavy atom. The Bertz CT molecular complexity index is 420. The molecule has 0 saturated carbocycles. The number of carbonyl (C=O) groups is 1. The van der Waals surface area contributed by atoms with E-state index in [4.69, 9.17) is 16.7 Å². The van der Waals surface area contributed by atoms with Crippen molar-refractivity contribution in [1.29, 1.82) is 0 Å². The number of anilines is 1. The number of benzene rings is 1. The van der Waals surface area contributed by atoms with Gasteiger partial charge in [-0.1, -0.05) is 17.7 Å². The molecule has 0 saturated heterocycles. The van der Waals surface area contributed by atoms with Gasteiger partial charge in [0.1, 0.15) is 0 Å². The van der Waals surface area contributed by atoms with Crippen LogP contribution in [0.5, 0.6) is 0 Å². The molecular formula is C13H16ClNO2. The van der Waals surface area contributed by atoms with Crippen molar-refractivity contribution in [1.82, 2.24) is 0 Å². The van der Waals surface area contributed by atoms with Gasteiger partial charge in [0.05, 0.1) is 0 Å². The Morgan fingerprint density at radius 1 is 1.41 bits per heavy atom. The standard InChI is InChI=1S/C13H16ClNO2/c14-11-4-3-5-12-10(11)7-9-15(12)8-2-1-6-13(16)17/h3-5H,1-2,6-9H2,(H,16,17). The molecule has 1 N–H and O–H groups in total. The number of nitrogens with zero attached hydrogens (tertiary/aromatic N) is 1. The van der Waals surface area contributed by atoms with Crippen LogP contribution in [0.25, 0.3) is 0 Å². The maximum Gasteiger partial charge on any atom is 0.303 e. The molecule has 1 aliphatic rings. The molecule has 0 bridgehead atoms. The number of aliphatic carboxylic acids is 1. The zero-order chi connectivity index (χ0) is 12.3. The molecule has 0 aromatic heterocycles. The lowest BCUT2D eigenvalue weighted by atomic mass is 10.1. The van der Waals surface area contributed by atoms with Crippen molar-refractivity contribution in [3.63, 3.8) is 0 Å². The molecule has 3 nitrogen and oxygen atoms in total. The van der Waals surface area contributed by atoms with Crippen LogP contribution in [-0.4, -0.2) is 24.2 Å². The maximum absolute atomic E-state index is 10.4. The highest BCUT2D eigenvalue weighted by molar-refractivity contribution is 6.31. The Kier molecular flexibility index (Phi) is 3.89. The first-order chi connectivity index (χ1) is 8.18.